The number of hydrogen-bond donors (Lipinski definition) is 0. The maximum atomic E-state index is 12.0. The van der Waals surface area contributed by atoms with Crippen LogP contribution in [0.3, 0.4) is 0 Å². The number of Topliss-reactive ketones (excluding diaryl/α,β-unsaturated/α-hetero) is 1. The zero-order valence-corrected chi connectivity index (χ0v) is 11.9. The number of fused-ring (bicyclic) bond motifs is 1. The zero-order valence-electron chi connectivity index (χ0n) is 11.1. The quantitative estimate of drug-likeness (QED) is 0.779. The molecule has 0 saturated carbocycles. The summed E-state index contributed by atoms with van der Waals surface area (Å²) < 4.78 is 5.43. The summed E-state index contributed by atoms with van der Waals surface area (Å²) in [6.07, 6.45) is 0. The van der Waals surface area contributed by atoms with E-state index in [1.807, 2.05) is 26.0 Å². The summed E-state index contributed by atoms with van der Waals surface area (Å²) in [5.41, 5.74) is 3.72. The largest absolute Gasteiger partial charge is 0.372 e. The number of carbonyl (C=O) groups excluding carboxylic acids is 1. The van der Waals surface area contributed by atoms with Crippen LogP contribution in [0, 0.1) is 5.92 Å². The summed E-state index contributed by atoms with van der Waals surface area (Å²) in [6, 6.07) is 10.4. The smallest absolute Gasteiger partial charge is 0.175 e. The van der Waals surface area contributed by atoms with Crippen LogP contribution in [-0.2, 0) is 18.0 Å². The van der Waals surface area contributed by atoms with E-state index in [1.165, 1.54) is 16.7 Å². The van der Waals surface area contributed by atoms with E-state index < -0.39 is 0 Å². The number of carbonyl (C=O) groups is 1. The van der Waals surface area contributed by atoms with E-state index in [0.717, 1.165) is 16.4 Å². The molecule has 2 aromatic rings. The van der Waals surface area contributed by atoms with Crippen LogP contribution in [0.15, 0.2) is 30.3 Å². The Morgan fingerprint density at radius 3 is 2.74 bits per heavy atom. The van der Waals surface area contributed by atoms with Crippen LogP contribution < -0.4 is 0 Å². The SMILES string of the molecule is CC(C)C(=O)c1ccc(-c2ccc3c(c2)COC3)s1. The first-order chi connectivity index (χ1) is 9.15. The van der Waals surface area contributed by atoms with Gasteiger partial charge in [-0.3, -0.25) is 4.79 Å². The van der Waals surface area contributed by atoms with Crippen molar-refractivity contribution >= 4 is 17.1 Å². The van der Waals surface area contributed by atoms with Gasteiger partial charge in [-0.15, -0.1) is 11.3 Å². The predicted octanol–water partition coefficient (Wildman–Crippen LogP) is 4.28. The molecule has 0 saturated heterocycles. The van der Waals surface area contributed by atoms with Crippen LogP contribution in [0.5, 0.6) is 0 Å². The Morgan fingerprint density at radius 2 is 1.95 bits per heavy atom. The molecule has 2 nitrogen and oxygen atoms in total. The van der Waals surface area contributed by atoms with Gasteiger partial charge in [0.15, 0.2) is 5.78 Å². The number of ketones is 1. The van der Waals surface area contributed by atoms with E-state index in [4.69, 9.17) is 4.74 Å². The molecule has 98 valence electrons. The molecule has 3 heteroatoms. The molecule has 1 aromatic carbocycles. The van der Waals surface area contributed by atoms with Gasteiger partial charge in [-0.05, 0) is 34.9 Å². The number of thiophene rings is 1. The molecular weight excluding hydrogens is 256 g/mol. The maximum absolute atomic E-state index is 12.0. The average Bonchev–Trinajstić information content (AvgIpc) is 3.05. The molecule has 19 heavy (non-hydrogen) atoms. The average molecular weight is 272 g/mol. The molecule has 1 aliphatic rings. The lowest BCUT2D eigenvalue weighted by Crippen LogP contribution is -2.04. The van der Waals surface area contributed by atoms with Gasteiger partial charge in [0.25, 0.3) is 0 Å². The molecule has 0 radical (unpaired) electrons. The minimum Gasteiger partial charge on any atom is -0.372 e. The highest BCUT2D eigenvalue weighted by atomic mass is 32.1. The Hall–Kier alpha value is -1.45. The van der Waals surface area contributed by atoms with Crippen LogP contribution in [0.25, 0.3) is 10.4 Å². The van der Waals surface area contributed by atoms with Crippen molar-refractivity contribution in [3.63, 3.8) is 0 Å². The third kappa shape index (κ3) is 2.36. The fraction of sp³-hybridized carbons (Fsp3) is 0.312. The molecule has 0 aliphatic carbocycles. The Labute approximate surface area is 117 Å². The van der Waals surface area contributed by atoms with Crippen molar-refractivity contribution in [2.75, 3.05) is 0 Å². The van der Waals surface area contributed by atoms with Crippen LogP contribution in [0.4, 0.5) is 0 Å². The summed E-state index contributed by atoms with van der Waals surface area (Å²) in [5, 5.41) is 0. The first kappa shape index (κ1) is 12.6. The first-order valence-corrected chi connectivity index (χ1v) is 7.31. The Morgan fingerprint density at radius 1 is 1.16 bits per heavy atom. The van der Waals surface area contributed by atoms with Crippen molar-refractivity contribution in [3.05, 3.63) is 46.3 Å². The van der Waals surface area contributed by atoms with Gasteiger partial charge >= 0.3 is 0 Å². The van der Waals surface area contributed by atoms with Crippen molar-refractivity contribution in [2.24, 2.45) is 5.92 Å². The minimum atomic E-state index is 0.0555. The summed E-state index contributed by atoms with van der Waals surface area (Å²) in [7, 11) is 0. The first-order valence-electron chi connectivity index (χ1n) is 6.49. The monoisotopic (exact) mass is 272 g/mol. The van der Waals surface area contributed by atoms with Crippen molar-refractivity contribution in [1.82, 2.24) is 0 Å². The second-order valence-electron chi connectivity index (χ2n) is 5.16. The van der Waals surface area contributed by atoms with E-state index in [1.54, 1.807) is 11.3 Å². The summed E-state index contributed by atoms with van der Waals surface area (Å²) >= 11 is 1.58. The summed E-state index contributed by atoms with van der Waals surface area (Å²) in [6.45, 7) is 5.30. The highest BCUT2D eigenvalue weighted by Gasteiger charge is 2.15. The van der Waals surface area contributed by atoms with Gasteiger partial charge < -0.3 is 4.74 Å². The van der Waals surface area contributed by atoms with Gasteiger partial charge in [0.1, 0.15) is 0 Å². The van der Waals surface area contributed by atoms with Crippen molar-refractivity contribution in [1.29, 1.82) is 0 Å². The van der Waals surface area contributed by atoms with E-state index in [2.05, 4.69) is 18.2 Å². The van der Waals surface area contributed by atoms with Gasteiger partial charge in [-0.1, -0.05) is 26.0 Å². The normalized spacial score (nSPS) is 13.8. The van der Waals surface area contributed by atoms with Crippen LogP contribution >= 0.6 is 11.3 Å². The van der Waals surface area contributed by atoms with E-state index in [-0.39, 0.29) is 11.7 Å². The van der Waals surface area contributed by atoms with Crippen molar-refractivity contribution < 1.29 is 9.53 Å². The summed E-state index contributed by atoms with van der Waals surface area (Å²) in [5.74, 6) is 0.278. The van der Waals surface area contributed by atoms with Gasteiger partial charge in [0, 0.05) is 10.8 Å². The second-order valence-corrected chi connectivity index (χ2v) is 6.24. The highest BCUT2D eigenvalue weighted by molar-refractivity contribution is 7.17. The lowest BCUT2D eigenvalue weighted by atomic mass is 10.1. The number of rotatable bonds is 3. The molecule has 0 atom stereocenters. The Kier molecular flexibility index (Phi) is 3.25. The zero-order chi connectivity index (χ0) is 13.4. The standard InChI is InChI=1S/C16H16O2S/c1-10(2)16(17)15-6-5-14(19-15)11-3-4-12-8-18-9-13(12)7-11/h3-7,10H,8-9H2,1-2H3. The third-order valence-electron chi connectivity index (χ3n) is 3.38. The molecule has 1 aromatic heterocycles. The van der Waals surface area contributed by atoms with Crippen LogP contribution in [-0.4, -0.2) is 5.78 Å². The molecule has 0 N–H and O–H groups in total. The van der Waals surface area contributed by atoms with Crippen LogP contribution in [0.2, 0.25) is 0 Å². The molecular formula is C16H16O2S. The molecule has 0 amide bonds. The molecule has 0 spiro atoms. The van der Waals surface area contributed by atoms with Gasteiger partial charge in [-0.25, -0.2) is 0 Å². The highest BCUT2D eigenvalue weighted by Crippen LogP contribution is 2.32. The molecule has 0 unspecified atom stereocenters. The number of benzene rings is 1. The maximum Gasteiger partial charge on any atom is 0.175 e. The molecule has 0 fully saturated rings. The lowest BCUT2D eigenvalue weighted by molar-refractivity contribution is 0.0943. The van der Waals surface area contributed by atoms with Gasteiger partial charge in [-0.2, -0.15) is 0 Å². The molecule has 0 bridgehead atoms. The lowest BCUT2D eigenvalue weighted by Gasteiger charge is -2.02. The van der Waals surface area contributed by atoms with E-state index in [9.17, 15) is 4.79 Å². The fourth-order valence-electron chi connectivity index (χ4n) is 2.24. The summed E-state index contributed by atoms with van der Waals surface area (Å²) in [4.78, 5) is 14.0. The number of hydrogen-bond acceptors (Lipinski definition) is 3. The van der Waals surface area contributed by atoms with Gasteiger partial charge in [0.2, 0.25) is 0 Å². The topological polar surface area (TPSA) is 26.3 Å². The van der Waals surface area contributed by atoms with Crippen molar-refractivity contribution in [3.8, 4) is 10.4 Å². The predicted molar refractivity (Wildman–Crippen MR) is 77.4 cm³/mol. The Balaban J connectivity index is 1.93. The van der Waals surface area contributed by atoms with E-state index in [0.29, 0.717) is 6.61 Å². The van der Waals surface area contributed by atoms with Crippen LogP contribution in [0.1, 0.15) is 34.6 Å². The molecule has 2 heterocycles. The van der Waals surface area contributed by atoms with Crippen molar-refractivity contribution in [2.45, 2.75) is 27.1 Å². The molecule has 1 aliphatic heterocycles. The fourth-order valence-corrected chi connectivity index (χ4v) is 3.33. The Bertz CT molecular complexity index is 625. The van der Waals surface area contributed by atoms with Gasteiger partial charge in [0.05, 0.1) is 18.1 Å². The second kappa shape index (κ2) is 4.91. The van der Waals surface area contributed by atoms with E-state index >= 15 is 0 Å². The molecule has 3 rings (SSSR count). The third-order valence-corrected chi connectivity index (χ3v) is 4.53. The minimum absolute atomic E-state index is 0.0555. The number of ether oxygens (including phenoxy) is 1.